The number of sulfonamides is 1. The Bertz CT molecular complexity index is 575. The highest BCUT2D eigenvalue weighted by molar-refractivity contribution is 9.10. The van der Waals surface area contributed by atoms with Gasteiger partial charge in [-0.1, -0.05) is 35.7 Å². The Labute approximate surface area is 129 Å². The molecule has 6 heteroatoms. The minimum atomic E-state index is -3.52. The van der Waals surface area contributed by atoms with Gasteiger partial charge in [0.2, 0.25) is 10.0 Å². The highest BCUT2D eigenvalue weighted by atomic mass is 79.9. The van der Waals surface area contributed by atoms with Crippen LogP contribution >= 0.6 is 15.9 Å². The maximum Gasteiger partial charge on any atom is 0.245 e. The second-order valence-electron chi connectivity index (χ2n) is 5.21. The quantitative estimate of drug-likeness (QED) is 0.840. The van der Waals surface area contributed by atoms with Crippen LogP contribution in [-0.4, -0.2) is 25.3 Å². The van der Waals surface area contributed by atoms with E-state index in [1.54, 1.807) is 22.5 Å². The van der Waals surface area contributed by atoms with Crippen LogP contribution < -0.4 is 5.73 Å². The van der Waals surface area contributed by atoms with Gasteiger partial charge in [0, 0.05) is 17.1 Å². The van der Waals surface area contributed by atoms with E-state index in [1.807, 2.05) is 6.92 Å². The van der Waals surface area contributed by atoms with Crippen molar-refractivity contribution in [2.45, 2.75) is 50.0 Å². The molecule has 0 bridgehead atoms. The summed E-state index contributed by atoms with van der Waals surface area (Å²) in [4.78, 5) is 0.215. The SMILES string of the molecule is CCC1CCCCCN1S(=O)(=O)c1cc(Br)ccc1N. The predicted molar refractivity (Wildman–Crippen MR) is 85.0 cm³/mol. The van der Waals surface area contributed by atoms with Crippen LogP contribution in [0.1, 0.15) is 39.0 Å². The molecule has 0 aromatic heterocycles. The first-order valence-electron chi connectivity index (χ1n) is 7.03. The van der Waals surface area contributed by atoms with E-state index < -0.39 is 10.0 Å². The first kappa shape index (κ1) is 15.8. The van der Waals surface area contributed by atoms with Crippen LogP contribution in [0.25, 0.3) is 0 Å². The van der Waals surface area contributed by atoms with E-state index in [0.717, 1.165) is 36.6 Å². The van der Waals surface area contributed by atoms with Gasteiger partial charge < -0.3 is 5.73 Å². The largest absolute Gasteiger partial charge is 0.398 e. The van der Waals surface area contributed by atoms with Gasteiger partial charge in [-0.2, -0.15) is 4.31 Å². The highest BCUT2D eigenvalue weighted by Crippen LogP contribution is 2.30. The van der Waals surface area contributed by atoms with Crippen LogP contribution in [0, 0.1) is 0 Å². The van der Waals surface area contributed by atoms with Crippen molar-refractivity contribution in [2.24, 2.45) is 0 Å². The van der Waals surface area contributed by atoms with Crippen molar-refractivity contribution in [3.63, 3.8) is 0 Å². The molecule has 2 rings (SSSR count). The van der Waals surface area contributed by atoms with E-state index in [2.05, 4.69) is 15.9 Å². The number of rotatable bonds is 3. The minimum Gasteiger partial charge on any atom is -0.398 e. The van der Waals surface area contributed by atoms with Crippen molar-refractivity contribution in [3.05, 3.63) is 22.7 Å². The number of nitrogen functional groups attached to an aromatic ring is 1. The van der Waals surface area contributed by atoms with Crippen molar-refractivity contribution >= 4 is 31.6 Å². The van der Waals surface area contributed by atoms with Gasteiger partial charge in [-0.3, -0.25) is 0 Å². The third-order valence-corrected chi connectivity index (χ3v) is 6.36. The Kier molecular flexibility index (Phi) is 5.09. The first-order chi connectivity index (χ1) is 9.46. The Hall–Kier alpha value is -0.590. The van der Waals surface area contributed by atoms with Crippen molar-refractivity contribution in [1.82, 2.24) is 4.31 Å². The Morgan fingerprint density at radius 2 is 2.10 bits per heavy atom. The van der Waals surface area contributed by atoms with Crippen LogP contribution in [0.5, 0.6) is 0 Å². The molecule has 0 radical (unpaired) electrons. The van der Waals surface area contributed by atoms with Gasteiger partial charge in [-0.15, -0.1) is 0 Å². The van der Waals surface area contributed by atoms with Gasteiger partial charge in [0.25, 0.3) is 0 Å². The van der Waals surface area contributed by atoms with Crippen molar-refractivity contribution in [3.8, 4) is 0 Å². The summed E-state index contributed by atoms with van der Waals surface area (Å²) in [5.41, 5.74) is 6.19. The molecule has 1 fully saturated rings. The van der Waals surface area contributed by atoms with Crippen molar-refractivity contribution in [1.29, 1.82) is 0 Å². The normalized spacial score (nSPS) is 21.6. The fourth-order valence-corrected chi connectivity index (χ4v) is 5.16. The summed E-state index contributed by atoms with van der Waals surface area (Å²) in [7, 11) is -3.52. The molecule has 2 N–H and O–H groups in total. The maximum atomic E-state index is 12.9. The number of nitrogens with two attached hydrogens (primary N) is 1. The maximum absolute atomic E-state index is 12.9. The zero-order valence-electron chi connectivity index (χ0n) is 11.7. The van der Waals surface area contributed by atoms with Crippen LogP contribution in [0.3, 0.4) is 0 Å². The number of anilines is 1. The number of benzene rings is 1. The van der Waals surface area contributed by atoms with Crippen LogP contribution in [-0.2, 0) is 10.0 Å². The molecule has 1 atom stereocenters. The number of hydrogen-bond donors (Lipinski definition) is 1. The lowest BCUT2D eigenvalue weighted by molar-refractivity contribution is 0.315. The Morgan fingerprint density at radius 3 is 2.80 bits per heavy atom. The Morgan fingerprint density at radius 1 is 1.35 bits per heavy atom. The lowest BCUT2D eigenvalue weighted by Crippen LogP contribution is -2.39. The zero-order valence-corrected chi connectivity index (χ0v) is 14.1. The van der Waals surface area contributed by atoms with E-state index in [0.29, 0.717) is 12.2 Å². The van der Waals surface area contributed by atoms with Crippen LogP contribution in [0.15, 0.2) is 27.6 Å². The molecular formula is C14H21BrN2O2S. The summed E-state index contributed by atoms with van der Waals surface area (Å²) in [6.07, 6.45) is 4.88. The molecule has 20 heavy (non-hydrogen) atoms. The Balaban J connectivity index is 2.44. The van der Waals surface area contributed by atoms with E-state index in [-0.39, 0.29) is 10.9 Å². The average Bonchev–Trinajstić information content (AvgIpc) is 2.66. The summed E-state index contributed by atoms with van der Waals surface area (Å²) in [5.74, 6) is 0. The van der Waals surface area contributed by atoms with Gasteiger partial charge in [-0.25, -0.2) is 8.42 Å². The molecule has 112 valence electrons. The lowest BCUT2D eigenvalue weighted by Gasteiger charge is -2.28. The monoisotopic (exact) mass is 360 g/mol. The summed E-state index contributed by atoms with van der Waals surface area (Å²) < 4.78 is 28.2. The van der Waals surface area contributed by atoms with Gasteiger partial charge in [0.15, 0.2) is 0 Å². The standard InChI is InChI=1S/C14H21BrN2O2S/c1-2-12-6-4-3-5-9-17(12)20(18,19)14-10-11(15)7-8-13(14)16/h7-8,10,12H,2-6,9,16H2,1H3. The average molecular weight is 361 g/mol. The molecule has 1 aliphatic heterocycles. The summed E-state index contributed by atoms with van der Waals surface area (Å²) in [5, 5.41) is 0. The predicted octanol–water partition coefficient (Wildman–Crippen LogP) is 3.37. The molecule has 1 heterocycles. The molecule has 0 spiro atoms. The molecule has 1 aromatic carbocycles. The van der Waals surface area contributed by atoms with Gasteiger partial charge in [0.05, 0.1) is 5.69 Å². The molecule has 4 nitrogen and oxygen atoms in total. The minimum absolute atomic E-state index is 0.0841. The third kappa shape index (κ3) is 3.18. The van der Waals surface area contributed by atoms with E-state index in [9.17, 15) is 8.42 Å². The molecule has 1 saturated heterocycles. The fraction of sp³-hybridized carbons (Fsp3) is 0.571. The third-order valence-electron chi connectivity index (χ3n) is 3.86. The molecular weight excluding hydrogens is 340 g/mol. The lowest BCUT2D eigenvalue weighted by atomic mass is 10.1. The van der Waals surface area contributed by atoms with Gasteiger partial charge in [-0.05, 0) is 37.5 Å². The van der Waals surface area contributed by atoms with Crippen molar-refractivity contribution < 1.29 is 8.42 Å². The van der Waals surface area contributed by atoms with E-state index in [4.69, 9.17) is 5.73 Å². The van der Waals surface area contributed by atoms with Gasteiger partial charge >= 0.3 is 0 Å². The van der Waals surface area contributed by atoms with Gasteiger partial charge in [0.1, 0.15) is 4.90 Å². The topological polar surface area (TPSA) is 63.4 Å². The van der Waals surface area contributed by atoms with E-state index in [1.165, 1.54) is 0 Å². The van der Waals surface area contributed by atoms with E-state index >= 15 is 0 Å². The second-order valence-corrected chi connectivity index (χ2v) is 7.98. The molecule has 0 amide bonds. The van der Waals surface area contributed by atoms with Crippen LogP contribution in [0.2, 0.25) is 0 Å². The molecule has 0 aliphatic carbocycles. The number of halogens is 1. The van der Waals surface area contributed by atoms with Crippen LogP contribution in [0.4, 0.5) is 5.69 Å². The van der Waals surface area contributed by atoms with Crippen molar-refractivity contribution in [2.75, 3.05) is 12.3 Å². The number of hydrogen-bond acceptors (Lipinski definition) is 3. The second kappa shape index (κ2) is 6.45. The number of nitrogens with zero attached hydrogens (tertiary/aromatic N) is 1. The molecule has 1 aliphatic rings. The smallest absolute Gasteiger partial charge is 0.245 e. The summed E-state index contributed by atoms with van der Waals surface area (Å²) >= 11 is 3.32. The molecule has 0 saturated carbocycles. The highest BCUT2D eigenvalue weighted by Gasteiger charge is 2.32. The summed E-state index contributed by atoms with van der Waals surface area (Å²) in [6, 6.07) is 5.08. The zero-order chi connectivity index (χ0) is 14.8. The molecule has 1 aromatic rings. The first-order valence-corrected chi connectivity index (χ1v) is 9.27. The molecule has 1 unspecified atom stereocenters. The fourth-order valence-electron chi connectivity index (χ4n) is 2.73. The summed E-state index contributed by atoms with van der Waals surface area (Å²) in [6.45, 7) is 2.63.